The molecule has 1 aromatic carbocycles. The Bertz CT molecular complexity index is 323. The van der Waals surface area contributed by atoms with Crippen LogP contribution < -0.4 is 4.74 Å². The normalized spacial score (nSPS) is 12.1. The van der Waals surface area contributed by atoms with E-state index in [4.69, 9.17) is 14.9 Å². The van der Waals surface area contributed by atoms with Crippen molar-refractivity contribution in [2.45, 2.75) is 12.5 Å². The summed E-state index contributed by atoms with van der Waals surface area (Å²) in [6.45, 7) is -0.280. The van der Waals surface area contributed by atoms with Crippen molar-refractivity contribution in [3.05, 3.63) is 30.1 Å². The van der Waals surface area contributed by atoms with Gasteiger partial charge in [0.1, 0.15) is 11.6 Å². The summed E-state index contributed by atoms with van der Waals surface area (Å²) in [5.74, 6) is -1.32. The number of aliphatic hydroxyl groups excluding tert-OH is 1. The third kappa shape index (κ3) is 3.55. The molecule has 82 valence electrons. The first-order chi connectivity index (χ1) is 7.13. The zero-order chi connectivity index (χ0) is 11.3. The van der Waals surface area contributed by atoms with E-state index in [0.717, 1.165) is 0 Å². The SMILES string of the molecule is O=C(O)C(CCO)Oc1ccc(F)cc1. The Hall–Kier alpha value is -1.62. The summed E-state index contributed by atoms with van der Waals surface area (Å²) in [4.78, 5) is 10.7. The summed E-state index contributed by atoms with van der Waals surface area (Å²) < 4.78 is 17.6. The maximum atomic E-state index is 12.5. The molecule has 0 aliphatic heterocycles. The lowest BCUT2D eigenvalue weighted by Gasteiger charge is -2.13. The number of ether oxygens (including phenoxy) is 1. The van der Waals surface area contributed by atoms with E-state index in [2.05, 4.69) is 0 Å². The van der Waals surface area contributed by atoms with E-state index in [9.17, 15) is 9.18 Å². The minimum atomic E-state index is -1.16. The predicted molar refractivity (Wildman–Crippen MR) is 50.2 cm³/mol. The fourth-order valence-corrected chi connectivity index (χ4v) is 1.03. The van der Waals surface area contributed by atoms with Crippen LogP contribution in [0, 0.1) is 5.82 Å². The van der Waals surface area contributed by atoms with Crippen LogP contribution in [0.25, 0.3) is 0 Å². The van der Waals surface area contributed by atoms with Crippen LogP contribution in [0.3, 0.4) is 0 Å². The highest BCUT2D eigenvalue weighted by Gasteiger charge is 2.18. The Kier molecular flexibility index (Phi) is 4.05. The van der Waals surface area contributed by atoms with Gasteiger partial charge >= 0.3 is 5.97 Å². The molecule has 0 bridgehead atoms. The Morgan fingerprint density at radius 3 is 2.47 bits per heavy atom. The molecule has 0 aliphatic rings. The highest BCUT2D eigenvalue weighted by Crippen LogP contribution is 2.14. The first-order valence-electron chi connectivity index (χ1n) is 4.39. The summed E-state index contributed by atoms with van der Waals surface area (Å²) in [6, 6.07) is 5.02. The van der Waals surface area contributed by atoms with Crippen molar-refractivity contribution in [1.29, 1.82) is 0 Å². The van der Waals surface area contributed by atoms with Crippen molar-refractivity contribution in [2.75, 3.05) is 6.61 Å². The number of halogens is 1. The van der Waals surface area contributed by atoms with Crippen molar-refractivity contribution in [2.24, 2.45) is 0 Å². The number of carbonyl (C=O) groups is 1. The molecule has 0 amide bonds. The fourth-order valence-electron chi connectivity index (χ4n) is 1.03. The van der Waals surface area contributed by atoms with Crippen molar-refractivity contribution in [1.82, 2.24) is 0 Å². The second-order valence-electron chi connectivity index (χ2n) is 2.91. The molecule has 0 aliphatic carbocycles. The third-order valence-corrected chi connectivity index (χ3v) is 1.76. The highest BCUT2D eigenvalue weighted by molar-refractivity contribution is 5.72. The quantitative estimate of drug-likeness (QED) is 0.768. The van der Waals surface area contributed by atoms with E-state index in [0.29, 0.717) is 0 Å². The molecular formula is C10H11FO4. The maximum Gasteiger partial charge on any atom is 0.344 e. The van der Waals surface area contributed by atoms with E-state index in [1.54, 1.807) is 0 Å². The smallest absolute Gasteiger partial charge is 0.344 e. The Balaban J connectivity index is 2.65. The molecule has 0 saturated heterocycles. The van der Waals surface area contributed by atoms with Crippen molar-refractivity contribution in [3.63, 3.8) is 0 Å². The number of rotatable bonds is 5. The highest BCUT2D eigenvalue weighted by atomic mass is 19.1. The molecule has 4 nitrogen and oxygen atoms in total. The van der Waals surface area contributed by atoms with Crippen molar-refractivity contribution >= 4 is 5.97 Å². The molecule has 0 heterocycles. The zero-order valence-corrected chi connectivity index (χ0v) is 7.89. The summed E-state index contributed by atoms with van der Waals surface area (Å²) in [7, 11) is 0. The lowest BCUT2D eigenvalue weighted by molar-refractivity contribution is -0.145. The summed E-state index contributed by atoms with van der Waals surface area (Å²) in [5, 5.41) is 17.3. The number of hydrogen-bond acceptors (Lipinski definition) is 3. The second-order valence-corrected chi connectivity index (χ2v) is 2.91. The largest absolute Gasteiger partial charge is 0.479 e. The van der Waals surface area contributed by atoms with Gasteiger partial charge in [0, 0.05) is 13.0 Å². The van der Waals surface area contributed by atoms with Gasteiger partial charge in [-0.15, -0.1) is 0 Å². The van der Waals surface area contributed by atoms with Crippen LogP contribution in [0.4, 0.5) is 4.39 Å². The van der Waals surface area contributed by atoms with Crippen LogP contribution in [-0.2, 0) is 4.79 Å². The predicted octanol–water partition coefficient (Wildman–Crippen LogP) is 1.04. The molecule has 1 aromatic rings. The summed E-state index contributed by atoms with van der Waals surface area (Å²) in [6.07, 6.45) is -1.12. The maximum absolute atomic E-state index is 12.5. The Labute approximate surface area is 85.9 Å². The number of benzene rings is 1. The molecule has 0 fully saturated rings. The number of hydrogen-bond donors (Lipinski definition) is 2. The third-order valence-electron chi connectivity index (χ3n) is 1.76. The Morgan fingerprint density at radius 2 is 2.00 bits per heavy atom. The minimum Gasteiger partial charge on any atom is -0.479 e. The van der Waals surface area contributed by atoms with Gasteiger partial charge in [0.05, 0.1) is 0 Å². The molecule has 0 spiro atoms. The Morgan fingerprint density at radius 1 is 1.40 bits per heavy atom. The van der Waals surface area contributed by atoms with Gasteiger partial charge in [-0.3, -0.25) is 0 Å². The average molecular weight is 214 g/mol. The van der Waals surface area contributed by atoms with Gasteiger partial charge in [-0.2, -0.15) is 0 Å². The molecular weight excluding hydrogens is 203 g/mol. The van der Waals surface area contributed by atoms with Crippen LogP contribution in [-0.4, -0.2) is 28.9 Å². The molecule has 2 N–H and O–H groups in total. The van der Waals surface area contributed by atoms with Crippen LogP contribution in [0.15, 0.2) is 24.3 Å². The van der Waals surface area contributed by atoms with E-state index >= 15 is 0 Å². The van der Waals surface area contributed by atoms with E-state index in [1.807, 2.05) is 0 Å². The van der Waals surface area contributed by atoms with Gasteiger partial charge in [0.2, 0.25) is 0 Å². The van der Waals surface area contributed by atoms with Gasteiger partial charge in [-0.1, -0.05) is 0 Å². The van der Waals surface area contributed by atoms with Gasteiger partial charge < -0.3 is 14.9 Å². The van der Waals surface area contributed by atoms with Crippen LogP contribution in [0.5, 0.6) is 5.75 Å². The van der Waals surface area contributed by atoms with Gasteiger partial charge in [0.25, 0.3) is 0 Å². The topological polar surface area (TPSA) is 66.8 Å². The van der Waals surface area contributed by atoms with E-state index in [-0.39, 0.29) is 18.8 Å². The first-order valence-corrected chi connectivity index (χ1v) is 4.39. The molecule has 0 radical (unpaired) electrons. The summed E-state index contributed by atoms with van der Waals surface area (Å²) >= 11 is 0. The molecule has 1 rings (SSSR count). The first kappa shape index (κ1) is 11.5. The van der Waals surface area contributed by atoms with Crippen molar-refractivity contribution < 1.29 is 24.1 Å². The van der Waals surface area contributed by atoms with Crippen LogP contribution in [0.2, 0.25) is 0 Å². The summed E-state index contributed by atoms with van der Waals surface area (Å²) in [5.41, 5.74) is 0. The second kappa shape index (κ2) is 5.31. The number of carboxylic acid groups (broad SMARTS) is 1. The number of aliphatic carboxylic acids is 1. The monoisotopic (exact) mass is 214 g/mol. The van der Waals surface area contributed by atoms with Crippen molar-refractivity contribution in [3.8, 4) is 5.75 Å². The van der Waals surface area contributed by atoms with E-state index in [1.165, 1.54) is 24.3 Å². The average Bonchev–Trinajstić information content (AvgIpc) is 2.20. The molecule has 0 aromatic heterocycles. The van der Waals surface area contributed by atoms with Crippen LogP contribution >= 0.6 is 0 Å². The number of aliphatic hydroxyl groups is 1. The van der Waals surface area contributed by atoms with Crippen LogP contribution in [0.1, 0.15) is 6.42 Å². The molecule has 1 unspecified atom stereocenters. The zero-order valence-electron chi connectivity index (χ0n) is 7.89. The molecule has 5 heteroatoms. The fraction of sp³-hybridized carbons (Fsp3) is 0.300. The lowest BCUT2D eigenvalue weighted by atomic mass is 10.2. The van der Waals surface area contributed by atoms with E-state index < -0.39 is 17.9 Å². The standard InChI is InChI=1S/C10H11FO4/c11-7-1-3-8(4-2-7)15-9(5-6-12)10(13)14/h1-4,9,12H,5-6H2,(H,13,14). The van der Waals surface area contributed by atoms with Gasteiger partial charge in [-0.05, 0) is 24.3 Å². The number of carboxylic acids is 1. The molecule has 1 atom stereocenters. The van der Waals surface area contributed by atoms with Gasteiger partial charge in [-0.25, -0.2) is 9.18 Å². The molecule has 0 saturated carbocycles. The minimum absolute atomic E-state index is 0.00723. The van der Waals surface area contributed by atoms with Gasteiger partial charge in [0.15, 0.2) is 6.10 Å². The lowest BCUT2D eigenvalue weighted by Crippen LogP contribution is -2.28. The molecule has 15 heavy (non-hydrogen) atoms.